The topological polar surface area (TPSA) is 32.9 Å². The molecule has 1 N–H and O–H groups in total. The number of aryl methyl sites for hydroxylation is 1. The number of rotatable bonds is 0. The van der Waals surface area contributed by atoms with Crippen LogP contribution in [0.2, 0.25) is 0 Å². The molecule has 0 aliphatic rings. The van der Waals surface area contributed by atoms with Crippen molar-refractivity contribution < 1.29 is 22.0 Å². The van der Waals surface area contributed by atoms with Crippen molar-refractivity contribution in [2.24, 2.45) is 0 Å². The van der Waals surface area contributed by atoms with Gasteiger partial charge in [-0.05, 0) is 18.6 Å². The van der Waals surface area contributed by atoms with Crippen molar-refractivity contribution in [2.75, 3.05) is 0 Å². The Labute approximate surface area is 97.1 Å². The Morgan fingerprint density at radius 1 is 1.17 bits per heavy atom. The number of pyridine rings is 1. The molecule has 0 aliphatic carbocycles. The number of fused-ring (bicyclic) bond motifs is 1. The molecule has 0 fully saturated rings. The maximum atomic E-state index is 13.6. The summed E-state index contributed by atoms with van der Waals surface area (Å²) in [4.78, 5) is 13.1. The van der Waals surface area contributed by atoms with Crippen LogP contribution in [0.3, 0.4) is 0 Å². The van der Waals surface area contributed by atoms with Crippen molar-refractivity contribution in [3.05, 3.63) is 45.2 Å². The summed E-state index contributed by atoms with van der Waals surface area (Å²) in [6.45, 7) is 1.22. The standard InChI is InChI=1S/C11H6F5NO/c1-4-2-5(12)10-8(9(4)13)6(18)3-7(17-10)11(14,15)16/h2-3H,1H3,(H,17,18). The number of nitrogens with one attached hydrogen (secondary N) is 1. The van der Waals surface area contributed by atoms with Crippen LogP contribution in [-0.2, 0) is 6.18 Å². The third kappa shape index (κ3) is 1.85. The molecule has 0 aliphatic heterocycles. The van der Waals surface area contributed by atoms with Crippen LogP contribution in [-0.4, -0.2) is 4.98 Å². The highest BCUT2D eigenvalue weighted by atomic mass is 19.4. The van der Waals surface area contributed by atoms with Crippen LogP contribution in [0.15, 0.2) is 16.9 Å². The highest BCUT2D eigenvalue weighted by molar-refractivity contribution is 5.80. The van der Waals surface area contributed by atoms with Crippen molar-refractivity contribution >= 4 is 10.9 Å². The van der Waals surface area contributed by atoms with Crippen LogP contribution in [0.4, 0.5) is 22.0 Å². The number of aromatic amines is 1. The number of hydrogen-bond acceptors (Lipinski definition) is 1. The van der Waals surface area contributed by atoms with E-state index >= 15 is 0 Å². The summed E-state index contributed by atoms with van der Waals surface area (Å²) in [7, 11) is 0. The first-order chi connectivity index (χ1) is 8.21. The van der Waals surface area contributed by atoms with Gasteiger partial charge in [-0.15, -0.1) is 0 Å². The molecule has 0 radical (unpaired) electrons. The number of H-pyrrole nitrogens is 1. The maximum absolute atomic E-state index is 13.6. The Hall–Kier alpha value is -1.92. The van der Waals surface area contributed by atoms with Gasteiger partial charge in [0.25, 0.3) is 0 Å². The lowest BCUT2D eigenvalue weighted by Crippen LogP contribution is -2.15. The predicted octanol–water partition coefficient (Wildman–Crippen LogP) is 3.13. The molecule has 0 atom stereocenters. The van der Waals surface area contributed by atoms with Crippen molar-refractivity contribution in [1.82, 2.24) is 4.98 Å². The van der Waals surface area contributed by atoms with Gasteiger partial charge in [0.2, 0.25) is 0 Å². The summed E-state index contributed by atoms with van der Waals surface area (Å²) in [5.41, 5.74) is -3.55. The molecule has 0 unspecified atom stereocenters. The normalized spacial score (nSPS) is 12.1. The minimum absolute atomic E-state index is 0.148. The fourth-order valence-electron chi connectivity index (χ4n) is 1.63. The molecule has 0 saturated carbocycles. The smallest absolute Gasteiger partial charge is 0.348 e. The van der Waals surface area contributed by atoms with Gasteiger partial charge in [-0.3, -0.25) is 4.79 Å². The van der Waals surface area contributed by atoms with E-state index in [4.69, 9.17) is 0 Å². The third-order valence-corrected chi connectivity index (χ3v) is 2.48. The molecule has 1 aromatic carbocycles. The van der Waals surface area contributed by atoms with E-state index in [1.807, 2.05) is 0 Å². The van der Waals surface area contributed by atoms with Gasteiger partial charge in [0.15, 0.2) is 5.43 Å². The molecule has 1 heterocycles. The Balaban J connectivity index is 2.96. The summed E-state index contributed by atoms with van der Waals surface area (Å²) in [6.07, 6.45) is -4.83. The SMILES string of the molecule is Cc1cc(F)c2[nH]c(C(F)(F)F)cc(=O)c2c1F. The Bertz CT molecular complexity index is 686. The second-order valence-electron chi connectivity index (χ2n) is 3.78. The number of aromatic nitrogens is 1. The Morgan fingerprint density at radius 2 is 1.78 bits per heavy atom. The maximum Gasteiger partial charge on any atom is 0.431 e. The second kappa shape index (κ2) is 3.79. The quantitative estimate of drug-likeness (QED) is 0.728. The number of alkyl halides is 3. The van der Waals surface area contributed by atoms with Gasteiger partial charge >= 0.3 is 6.18 Å². The monoisotopic (exact) mass is 263 g/mol. The zero-order chi connectivity index (χ0) is 13.7. The first-order valence-corrected chi connectivity index (χ1v) is 4.80. The van der Waals surface area contributed by atoms with Gasteiger partial charge in [0, 0.05) is 6.07 Å². The summed E-state index contributed by atoms with van der Waals surface area (Å²) in [5, 5.41) is -0.708. The van der Waals surface area contributed by atoms with E-state index in [9.17, 15) is 26.7 Å². The molecule has 2 aromatic rings. The van der Waals surface area contributed by atoms with Crippen LogP contribution in [0.5, 0.6) is 0 Å². The van der Waals surface area contributed by atoms with Gasteiger partial charge in [0.1, 0.15) is 17.3 Å². The molecule has 1 aromatic heterocycles. The number of halogens is 5. The average molecular weight is 263 g/mol. The van der Waals surface area contributed by atoms with Crippen LogP contribution in [0.1, 0.15) is 11.3 Å². The Kier molecular flexibility index (Phi) is 2.64. The van der Waals surface area contributed by atoms with Crippen LogP contribution >= 0.6 is 0 Å². The molecular formula is C11H6F5NO. The average Bonchev–Trinajstić information content (AvgIpc) is 2.24. The molecule has 2 rings (SSSR count). The minimum Gasteiger partial charge on any atom is -0.348 e. The largest absolute Gasteiger partial charge is 0.431 e. The zero-order valence-electron chi connectivity index (χ0n) is 8.95. The first-order valence-electron chi connectivity index (χ1n) is 4.80. The van der Waals surface area contributed by atoms with Gasteiger partial charge in [-0.2, -0.15) is 13.2 Å². The molecule has 0 amide bonds. The molecule has 0 spiro atoms. The van der Waals surface area contributed by atoms with E-state index in [1.54, 1.807) is 4.98 Å². The van der Waals surface area contributed by atoms with E-state index in [2.05, 4.69) is 0 Å². The number of benzene rings is 1. The van der Waals surface area contributed by atoms with E-state index in [0.717, 1.165) is 6.07 Å². The third-order valence-electron chi connectivity index (χ3n) is 2.48. The zero-order valence-corrected chi connectivity index (χ0v) is 8.95. The van der Waals surface area contributed by atoms with Crippen molar-refractivity contribution in [2.45, 2.75) is 13.1 Å². The molecule has 7 heteroatoms. The van der Waals surface area contributed by atoms with Crippen LogP contribution in [0, 0.1) is 18.6 Å². The summed E-state index contributed by atoms with van der Waals surface area (Å²) >= 11 is 0. The summed E-state index contributed by atoms with van der Waals surface area (Å²) in [5.74, 6) is -2.13. The Morgan fingerprint density at radius 3 is 2.33 bits per heavy atom. The van der Waals surface area contributed by atoms with E-state index in [1.165, 1.54) is 6.92 Å². The lowest BCUT2D eigenvalue weighted by Gasteiger charge is -2.09. The van der Waals surface area contributed by atoms with Gasteiger partial charge in [-0.1, -0.05) is 0 Å². The molecule has 0 bridgehead atoms. The van der Waals surface area contributed by atoms with E-state index in [0.29, 0.717) is 0 Å². The van der Waals surface area contributed by atoms with Crippen LogP contribution in [0.25, 0.3) is 10.9 Å². The van der Waals surface area contributed by atoms with Gasteiger partial charge in [-0.25, -0.2) is 8.78 Å². The lowest BCUT2D eigenvalue weighted by molar-refractivity contribution is -0.141. The predicted molar refractivity (Wildman–Crippen MR) is 54.2 cm³/mol. The van der Waals surface area contributed by atoms with E-state index < -0.39 is 39.8 Å². The second-order valence-corrected chi connectivity index (χ2v) is 3.78. The molecule has 18 heavy (non-hydrogen) atoms. The van der Waals surface area contributed by atoms with Crippen molar-refractivity contribution in [3.63, 3.8) is 0 Å². The molecule has 2 nitrogen and oxygen atoms in total. The van der Waals surface area contributed by atoms with Crippen molar-refractivity contribution in [3.8, 4) is 0 Å². The van der Waals surface area contributed by atoms with E-state index in [-0.39, 0.29) is 11.6 Å². The summed E-state index contributed by atoms with van der Waals surface area (Å²) < 4.78 is 64.3. The number of hydrogen-bond donors (Lipinski definition) is 1. The molecule has 0 saturated heterocycles. The highest BCUT2D eigenvalue weighted by Crippen LogP contribution is 2.29. The van der Waals surface area contributed by atoms with Crippen molar-refractivity contribution in [1.29, 1.82) is 0 Å². The van der Waals surface area contributed by atoms with Crippen LogP contribution < -0.4 is 5.43 Å². The lowest BCUT2D eigenvalue weighted by atomic mass is 10.1. The minimum atomic E-state index is -4.83. The molecular weight excluding hydrogens is 257 g/mol. The first kappa shape index (κ1) is 12.5. The highest BCUT2D eigenvalue weighted by Gasteiger charge is 2.33. The summed E-state index contributed by atoms with van der Waals surface area (Å²) in [6, 6.07) is 0.943. The fourth-order valence-corrected chi connectivity index (χ4v) is 1.63. The van der Waals surface area contributed by atoms with Gasteiger partial charge in [0.05, 0.1) is 10.9 Å². The fraction of sp³-hybridized carbons (Fsp3) is 0.182. The van der Waals surface area contributed by atoms with Gasteiger partial charge < -0.3 is 4.98 Å². The molecule has 96 valence electrons.